The lowest BCUT2D eigenvalue weighted by Gasteiger charge is -2.08. The largest absolute Gasteiger partial charge is 0.481 e. The molecule has 0 spiro atoms. The molecular formula is C17H15N3O2. The normalized spacial score (nSPS) is 10.6. The molecule has 0 aliphatic rings. The lowest BCUT2D eigenvalue weighted by molar-refractivity contribution is -0.136. The molecule has 0 unspecified atom stereocenters. The van der Waals surface area contributed by atoms with E-state index in [1.54, 1.807) is 4.68 Å². The Morgan fingerprint density at radius 3 is 2.59 bits per heavy atom. The van der Waals surface area contributed by atoms with Crippen LogP contribution in [0.15, 0.2) is 54.6 Å². The molecule has 3 aromatic rings. The van der Waals surface area contributed by atoms with E-state index in [0.717, 1.165) is 16.8 Å². The smallest absolute Gasteiger partial charge is 0.309 e. The summed E-state index contributed by atoms with van der Waals surface area (Å²) in [5, 5.41) is 17.3. The van der Waals surface area contributed by atoms with E-state index < -0.39 is 5.97 Å². The van der Waals surface area contributed by atoms with Crippen LogP contribution in [0, 0.1) is 6.92 Å². The first-order valence-corrected chi connectivity index (χ1v) is 6.94. The maximum absolute atomic E-state index is 11.1. The van der Waals surface area contributed by atoms with Crippen molar-refractivity contribution in [1.82, 2.24) is 15.0 Å². The fourth-order valence-electron chi connectivity index (χ4n) is 2.40. The van der Waals surface area contributed by atoms with Gasteiger partial charge in [-0.3, -0.25) is 4.79 Å². The summed E-state index contributed by atoms with van der Waals surface area (Å²) < 4.78 is 1.70. The van der Waals surface area contributed by atoms with Crippen molar-refractivity contribution in [2.24, 2.45) is 0 Å². The van der Waals surface area contributed by atoms with Crippen molar-refractivity contribution < 1.29 is 9.90 Å². The molecule has 0 fully saturated rings. The first-order valence-electron chi connectivity index (χ1n) is 6.94. The third-order valence-electron chi connectivity index (χ3n) is 3.35. The standard InChI is InChI=1S/C17H15N3O2/c1-12-6-5-9-14(10-12)20-17(13-7-3-2-4-8-13)15(18-19-20)11-16(21)22/h2-10H,11H2,1H3,(H,21,22). The number of hydrogen-bond donors (Lipinski definition) is 1. The van der Waals surface area contributed by atoms with Crippen molar-refractivity contribution >= 4 is 5.97 Å². The zero-order chi connectivity index (χ0) is 15.5. The first kappa shape index (κ1) is 14.0. The van der Waals surface area contributed by atoms with Gasteiger partial charge in [-0.1, -0.05) is 47.7 Å². The summed E-state index contributed by atoms with van der Waals surface area (Å²) in [6.45, 7) is 2.00. The van der Waals surface area contributed by atoms with Crippen molar-refractivity contribution in [2.75, 3.05) is 0 Å². The molecule has 2 aromatic carbocycles. The molecule has 1 N–H and O–H groups in total. The number of benzene rings is 2. The van der Waals surface area contributed by atoms with E-state index in [1.807, 2.05) is 61.5 Å². The van der Waals surface area contributed by atoms with E-state index in [9.17, 15) is 4.79 Å². The fraction of sp³-hybridized carbons (Fsp3) is 0.118. The number of carboxylic acids is 1. The Balaban J connectivity index is 2.19. The van der Waals surface area contributed by atoms with Gasteiger partial charge in [-0.2, -0.15) is 0 Å². The fourth-order valence-corrected chi connectivity index (χ4v) is 2.40. The highest BCUT2D eigenvalue weighted by molar-refractivity contribution is 5.74. The second-order valence-corrected chi connectivity index (χ2v) is 5.07. The minimum absolute atomic E-state index is 0.157. The van der Waals surface area contributed by atoms with Gasteiger partial charge in [0.05, 0.1) is 17.8 Å². The zero-order valence-corrected chi connectivity index (χ0v) is 12.1. The molecule has 0 saturated carbocycles. The van der Waals surface area contributed by atoms with E-state index in [-0.39, 0.29) is 6.42 Å². The van der Waals surface area contributed by atoms with Crippen molar-refractivity contribution in [1.29, 1.82) is 0 Å². The molecule has 0 saturated heterocycles. The van der Waals surface area contributed by atoms with Crippen LogP contribution < -0.4 is 0 Å². The van der Waals surface area contributed by atoms with Crippen LogP contribution in [-0.4, -0.2) is 26.1 Å². The lowest BCUT2D eigenvalue weighted by Crippen LogP contribution is -2.04. The SMILES string of the molecule is Cc1cccc(-n2nnc(CC(=O)O)c2-c2ccccc2)c1. The van der Waals surface area contributed by atoms with Crippen molar-refractivity contribution in [3.8, 4) is 16.9 Å². The van der Waals surface area contributed by atoms with Gasteiger partial charge in [-0.25, -0.2) is 4.68 Å². The van der Waals surface area contributed by atoms with E-state index >= 15 is 0 Å². The second-order valence-electron chi connectivity index (χ2n) is 5.07. The third kappa shape index (κ3) is 2.74. The molecule has 0 aliphatic carbocycles. The highest BCUT2D eigenvalue weighted by atomic mass is 16.4. The quantitative estimate of drug-likeness (QED) is 0.803. The second kappa shape index (κ2) is 5.81. The van der Waals surface area contributed by atoms with E-state index in [1.165, 1.54) is 0 Å². The summed E-state index contributed by atoms with van der Waals surface area (Å²) in [6.07, 6.45) is -0.157. The molecule has 5 nitrogen and oxygen atoms in total. The van der Waals surface area contributed by atoms with Gasteiger partial charge in [-0.15, -0.1) is 5.10 Å². The molecule has 22 heavy (non-hydrogen) atoms. The number of rotatable bonds is 4. The van der Waals surface area contributed by atoms with Gasteiger partial charge in [0.1, 0.15) is 5.69 Å². The molecule has 1 aromatic heterocycles. The van der Waals surface area contributed by atoms with Gasteiger partial charge in [0.25, 0.3) is 0 Å². The Morgan fingerprint density at radius 2 is 1.91 bits per heavy atom. The Labute approximate surface area is 127 Å². The number of hydrogen-bond acceptors (Lipinski definition) is 3. The van der Waals surface area contributed by atoms with Gasteiger partial charge in [0.15, 0.2) is 0 Å². The average Bonchev–Trinajstić information content (AvgIpc) is 2.91. The highest BCUT2D eigenvalue weighted by Crippen LogP contribution is 2.25. The predicted molar refractivity (Wildman–Crippen MR) is 82.9 cm³/mol. The predicted octanol–water partition coefficient (Wildman–Crippen LogP) is 2.87. The summed E-state index contributed by atoms with van der Waals surface area (Å²) in [5.41, 5.74) is 4.04. The molecule has 0 radical (unpaired) electrons. The maximum atomic E-state index is 11.1. The van der Waals surface area contributed by atoms with Gasteiger partial charge < -0.3 is 5.11 Å². The van der Waals surface area contributed by atoms with Gasteiger partial charge in [0, 0.05) is 5.56 Å². The van der Waals surface area contributed by atoms with E-state index in [4.69, 9.17) is 5.11 Å². The molecular weight excluding hydrogens is 278 g/mol. The Morgan fingerprint density at radius 1 is 1.14 bits per heavy atom. The summed E-state index contributed by atoms with van der Waals surface area (Å²) >= 11 is 0. The molecule has 110 valence electrons. The van der Waals surface area contributed by atoms with Crippen LogP contribution >= 0.6 is 0 Å². The first-order chi connectivity index (χ1) is 10.6. The van der Waals surface area contributed by atoms with Crippen molar-refractivity contribution in [2.45, 2.75) is 13.3 Å². The molecule has 1 heterocycles. The van der Waals surface area contributed by atoms with Gasteiger partial charge in [0.2, 0.25) is 0 Å². The number of aryl methyl sites for hydroxylation is 1. The summed E-state index contributed by atoms with van der Waals surface area (Å²) in [4.78, 5) is 11.1. The minimum atomic E-state index is -0.923. The lowest BCUT2D eigenvalue weighted by atomic mass is 10.1. The van der Waals surface area contributed by atoms with E-state index in [2.05, 4.69) is 10.3 Å². The zero-order valence-electron chi connectivity index (χ0n) is 12.1. The minimum Gasteiger partial charge on any atom is -0.481 e. The van der Waals surface area contributed by atoms with E-state index in [0.29, 0.717) is 11.4 Å². The Kier molecular flexibility index (Phi) is 3.70. The summed E-state index contributed by atoms with van der Waals surface area (Å²) in [7, 11) is 0. The topological polar surface area (TPSA) is 68.0 Å². The number of carbonyl (C=O) groups is 1. The molecule has 0 bridgehead atoms. The Hall–Kier alpha value is -2.95. The molecule has 0 atom stereocenters. The monoisotopic (exact) mass is 293 g/mol. The number of carboxylic acid groups (broad SMARTS) is 1. The van der Waals surface area contributed by atoms with Crippen LogP contribution in [0.1, 0.15) is 11.3 Å². The van der Waals surface area contributed by atoms with Gasteiger partial charge >= 0.3 is 5.97 Å². The van der Waals surface area contributed by atoms with Crippen LogP contribution in [0.5, 0.6) is 0 Å². The highest BCUT2D eigenvalue weighted by Gasteiger charge is 2.18. The molecule has 0 aliphatic heterocycles. The van der Waals surface area contributed by atoms with Crippen LogP contribution in [0.2, 0.25) is 0 Å². The number of aliphatic carboxylic acids is 1. The van der Waals surface area contributed by atoms with Crippen LogP contribution in [0.25, 0.3) is 16.9 Å². The maximum Gasteiger partial charge on any atom is 0.309 e. The molecule has 5 heteroatoms. The number of aromatic nitrogens is 3. The molecule has 3 rings (SSSR count). The summed E-state index contributed by atoms with van der Waals surface area (Å²) in [6, 6.07) is 17.5. The van der Waals surface area contributed by atoms with Crippen LogP contribution in [-0.2, 0) is 11.2 Å². The Bertz CT molecular complexity index is 810. The number of nitrogens with zero attached hydrogens (tertiary/aromatic N) is 3. The molecule has 0 amide bonds. The average molecular weight is 293 g/mol. The van der Waals surface area contributed by atoms with Crippen LogP contribution in [0.4, 0.5) is 0 Å². The third-order valence-corrected chi connectivity index (χ3v) is 3.35. The van der Waals surface area contributed by atoms with Gasteiger partial charge in [-0.05, 0) is 24.6 Å². The van der Waals surface area contributed by atoms with Crippen molar-refractivity contribution in [3.05, 3.63) is 65.9 Å². The van der Waals surface area contributed by atoms with Crippen LogP contribution in [0.3, 0.4) is 0 Å². The summed E-state index contributed by atoms with van der Waals surface area (Å²) in [5.74, 6) is -0.923. The van der Waals surface area contributed by atoms with Crippen molar-refractivity contribution in [3.63, 3.8) is 0 Å².